The number of ketones is 1. The summed E-state index contributed by atoms with van der Waals surface area (Å²) >= 11 is 1.46. The van der Waals surface area contributed by atoms with Crippen LogP contribution in [0.2, 0.25) is 0 Å². The van der Waals surface area contributed by atoms with Gasteiger partial charge in [-0.15, -0.1) is 0 Å². The average Bonchev–Trinajstić information content (AvgIpc) is 2.88. The highest BCUT2D eigenvalue weighted by atomic mass is 32.1. The number of nitrogens with zero attached hydrogens (tertiary/aromatic N) is 1. The van der Waals surface area contributed by atoms with E-state index in [0.717, 1.165) is 10.6 Å². The van der Waals surface area contributed by atoms with Crippen LogP contribution in [0.1, 0.15) is 34.0 Å². The molecule has 2 aromatic rings. The van der Waals surface area contributed by atoms with E-state index < -0.39 is 6.10 Å². The third kappa shape index (κ3) is 2.84. The van der Waals surface area contributed by atoms with E-state index >= 15 is 0 Å². The molecule has 1 atom stereocenters. The zero-order chi connectivity index (χ0) is 15.7. The van der Waals surface area contributed by atoms with Crippen molar-refractivity contribution in [2.75, 3.05) is 13.2 Å². The molecule has 5 nitrogen and oxygen atoms in total. The summed E-state index contributed by atoms with van der Waals surface area (Å²) in [5.41, 5.74) is 3.39. The molecule has 22 heavy (non-hydrogen) atoms. The van der Waals surface area contributed by atoms with Gasteiger partial charge in [-0.1, -0.05) is 11.3 Å². The fourth-order valence-corrected chi connectivity index (χ4v) is 3.40. The molecule has 1 aliphatic rings. The van der Waals surface area contributed by atoms with Gasteiger partial charge in [-0.2, -0.15) is 4.57 Å². The van der Waals surface area contributed by atoms with Gasteiger partial charge in [-0.3, -0.25) is 4.79 Å². The van der Waals surface area contributed by atoms with E-state index in [-0.39, 0.29) is 12.3 Å². The van der Waals surface area contributed by atoms with E-state index in [0.29, 0.717) is 30.3 Å². The van der Waals surface area contributed by atoms with E-state index in [1.807, 2.05) is 17.0 Å². The van der Waals surface area contributed by atoms with Crippen LogP contribution in [0.3, 0.4) is 0 Å². The van der Waals surface area contributed by atoms with E-state index in [1.54, 1.807) is 25.1 Å². The molecule has 1 aromatic heterocycles. The molecule has 2 heterocycles. The summed E-state index contributed by atoms with van der Waals surface area (Å²) in [5.74, 6) is 1.30. The number of hydrogen-bond acceptors (Lipinski definition) is 5. The predicted octanol–water partition coefficient (Wildman–Crippen LogP) is 2.05. The highest BCUT2D eigenvalue weighted by Crippen LogP contribution is 2.31. The Morgan fingerprint density at radius 2 is 2.09 bits per heavy atom. The molecule has 0 saturated heterocycles. The first-order valence-corrected chi connectivity index (χ1v) is 8.02. The summed E-state index contributed by atoms with van der Waals surface area (Å²) in [6.45, 7) is 4.92. The predicted molar refractivity (Wildman–Crippen MR) is 81.6 cm³/mol. The van der Waals surface area contributed by atoms with Crippen molar-refractivity contribution in [3.8, 4) is 11.5 Å². The third-order valence-corrected chi connectivity index (χ3v) is 4.90. The zero-order valence-electron chi connectivity index (χ0n) is 12.5. The first-order chi connectivity index (χ1) is 10.6. The van der Waals surface area contributed by atoms with Gasteiger partial charge in [0.15, 0.2) is 17.2 Å². The molecule has 0 bridgehead atoms. The number of hydrogen-bond donors (Lipinski definition) is 1. The molecule has 0 aliphatic carbocycles. The smallest absolute Gasteiger partial charge is 0.227 e. The Morgan fingerprint density at radius 3 is 2.77 bits per heavy atom. The summed E-state index contributed by atoms with van der Waals surface area (Å²) < 4.78 is 12.8. The van der Waals surface area contributed by atoms with E-state index in [1.165, 1.54) is 11.3 Å². The summed E-state index contributed by atoms with van der Waals surface area (Å²) in [5, 5.41) is 9.68. The van der Waals surface area contributed by atoms with Crippen LogP contribution in [0, 0.1) is 6.92 Å². The highest BCUT2D eigenvalue weighted by molar-refractivity contribution is 7.09. The maximum Gasteiger partial charge on any atom is 0.227 e. The molecule has 1 unspecified atom stereocenters. The lowest BCUT2D eigenvalue weighted by Gasteiger charge is -2.18. The molecule has 3 rings (SSSR count). The number of carbonyl (C=O) groups excluding carboxylic acids is 1. The Morgan fingerprint density at radius 1 is 1.36 bits per heavy atom. The van der Waals surface area contributed by atoms with Crippen molar-refractivity contribution in [3.05, 3.63) is 39.8 Å². The molecule has 1 aliphatic heterocycles. The van der Waals surface area contributed by atoms with Gasteiger partial charge < -0.3 is 14.6 Å². The molecule has 0 spiro atoms. The van der Waals surface area contributed by atoms with Crippen molar-refractivity contribution in [3.63, 3.8) is 0 Å². The molecular weight excluding hydrogens is 302 g/mol. The molecule has 0 fully saturated rings. The number of aliphatic hydroxyl groups excluding tert-OH is 1. The van der Waals surface area contributed by atoms with Gasteiger partial charge in [0, 0.05) is 12.5 Å². The van der Waals surface area contributed by atoms with Crippen molar-refractivity contribution < 1.29 is 23.9 Å². The van der Waals surface area contributed by atoms with Gasteiger partial charge in [-0.05, 0) is 25.1 Å². The second kappa shape index (κ2) is 6.06. The van der Waals surface area contributed by atoms with Crippen molar-refractivity contribution in [2.45, 2.75) is 26.5 Å². The number of aliphatic hydroxyl groups is 1. The minimum absolute atomic E-state index is 0.0000151. The number of aromatic nitrogens is 1. The largest absolute Gasteiger partial charge is 0.486 e. The lowest BCUT2D eigenvalue weighted by molar-refractivity contribution is -0.684. The molecule has 116 valence electrons. The van der Waals surface area contributed by atoms with Crippen molar-refractivity contribution in [1.29, 1.82) is 0 Å². The minimum Gasteiger partial charge on any atom is -0.486 e. The fourth-order valence-electron chi connectivity index (χ4n) is 2.45. The lowest BCUT2D eigenvalue weighted by atomic mass is 10.1. The minimum atomic E-state index is -0.518. The lowest BCUT2D eigenvalue weighted by Crippen LogP contribution is -2.38. The molecule has 1 N–H and O–H groups in total. The third-order valence-electron chi connectivity index (χ3n) is 3.65. The van der Waals surface area contributed by atoms with Gasteiger partial charge in [0.2, 0.25) is 17.8 Å². The number of rotatable bonds is 4. The SMILES string of the molecule is Cc1c(C(C)O)sc[n+]1CC(=O)c1ccc2c(c1)OCCO2. The van der Waals surface area contributed by atoms with Gasteiger partial charge in [-0.25, -0.2) is 0 Å². The standard InChI is InChI=1S/C16H18NO4S/c1-10-16(11(2)18)22-9-17(10)8-13(19)12-3-4-14-15(7-12)21-6-5-20-14/h3-4,7,9,11,18H,5-6,8H2,1-2H3/q+1. The zero-order valence-corrected chi connectivity index (χ0v) is 13.4. The van der Waals surface area contributed by atoms with Crippen molar-refractivity contribution in [2.24, 2.45) is 0 Å². The van der Waals surface area contributed by atoms with Crippen molar-refractivity contribution >= 4 is 17.1 Å². The molecule has 0 saturated carbocycles. The van der Waals surface area contributed by atoms with Crippen molar-refractivity contribution in [1.82, 2.24) is 0 Å². The fraction of sp³-hybridized carbons (Fsp3) is 0.375. The Bertz CT molecular complexity index is 708. The topological polar surface area (TPSA) is 59.6 Å². The summed E-state index contributed by atoms with van der Waals surface area (Å²) in [6.07, 6.45) is -0.518. The quantitative estimate of drug-likeness (QED) is 0.692. The number of fused-ring (bicyclic) bond motifs is 1. The van der Waals surface area contributed by atoms with Gasteiger partial charge >= 0.3 is 0 Å². The van der Waals surface area contributed by atoms with Crippen LogP contribution in [0.4, 0.5) is 0 Å². The molecule has 6 heteroatoms. The normalized spacial score (nSPS) is 14.7. The summed E-state index contributed by atoms with van der Waals surface area (Å²) in [4.78, 5) is 13.3. The first-order valence-electron chi connectivity index (χ1n) is 7.14. The molecular formula is C16H18NO4S+. The Hall–Kier alpha value is -1.92. The molecule has 0 amide bonds. The van der Waals surface area contributed by atoms with Crippen LogP contribution in [0.5, 0.6) is 11.5 Å². The van der Waals surface area contributed by atoms with E-state index in [2.05, 4.69) is 0 Å². The number of benzene rings is 1. The second-order valence-electron chi connectivity index (χ2n) is 5.26. The van der Waals surface area contributed by atoms with Gasteiger partial charge in [0.05, 0.1) is 6.10 Å². The number of Topliss-reactive ketones (excluding diaryl/α,β-unsaturated/α-hetero) is 1. The number of carbonyl (C=O) groups is 1. The first kappa shape index (κ1) is 15.0. The van der Waals surface area contributed by atoms with Gasteiger partial charge in [0.25, 0.3) is 0 Å². The monoisotopic (exact) mass is 320 g/mol. The van der Waals surface area contributed by atoms with Crippen LogP contribution in [-0.2, 0) is 6.54 Å². The van der Waals surface area contributed by atoms with Crippen LogP contribution in [0.25, 0.3) is 0 Å². The van der Waals surface area contributed by atoms with Crippen LogP contribution >= 0.6 is 11.3 Å². The number of ether oxygens (including phenoxy) is 2. The second-order valence-corrected chi connectivity index (χ2v) is 6.14. The Labute approximate surface area is 132 Å². The van der Waals surface area contributed by atoms with Crippen LogP contribution in [-0.4, -0.2) is 24.1 Å². The maximum atomic E-state index is 12.5. The van der Waals surface area contributed by atoms with E-state index in [4.69, 9.17) is 9.47 Å². The Kier molecular flexibility index (Phi) is 4.13. The Balaban J connectivity index is 1.80. The van der Waals surface area contributed by atoms with Crippen LogP contribution in [0.15, 0.2) is 23.7 Å². The summed E-state index contributed by atoms with van der Waals surface area (Å²) in [7, 11) is 0. The average molecular weight is 320 g/mol. The van der Waals surface area contributed by atoms with Gasteiger partial charge in [0.1, 0.15) is 18.1 Å². The van der Waals surface area contributed by atoms with E-state index in [9.17, 15) is 9.90 Å². The maximum absolute atomic E-state index is 12.5. The molecule has 0 radical (unpaired) electrons. The molecule has 1 aromatic carbocycles. The summed E-state index contributed by atoms with van der Waals surface area (Å²) in [6, 6.07) is 5.26. The van der Waals surface area contributed by atoms with Crippen LogP contribution < -0.4 is 14.0 Å². The number of thiazole rings is 1. The highest BCUT2D eigenvalue weighted by Gasteiger charge is 2.23.